The highest BCUT2D eigenvalue weighted by atomic mass is 32.1. The molecule has 1 heterocycles. The number of amides is 1. The molecule has 0 atom stereocenters. The minimum Gasteiger partial charge on any atom is -0.463 e. The van der Waals surface area contributed by atoms with Gasteiger partial charge in [-0.25, -0.2) is 9.78 Å². The Balaban J connectivity index is 1.82. The van der Waals surface area contributed by atoms with E-state index in [4.69, 9.17) is 4.74 Å². The van der Waals surface area contributed by atoms with Crippen LogP contribution in [0.1, 0.15) is 29.6 Å². The molecular weight excluding hydrogens is 324 g/mol. The van der Waals surface area contributed by atoms with E-state index in [1.165, 1.54) is 6.08 Å². The van der Waals surface area contributed by atoms with Crippen LogP contribution in [-0.4, -0.2) is 23.5 Å². The topological polar surface area (TPSA) is 68.3 Å². The highest BCUT2D eigenvalue weighted by Crippen LogP contribution is 2.13. The van der Waals surface area contributed by atoms with E-state index >= 15 is 0 Å². The first-order valence-electron chi connectivity index (χ1n) is 7.72. The zero-order valence-corrected chi connectivity index (χ0v) is 14.6. The van der Waals surface area contributed by atoms with Crippen molar-refractivity contribution in [1.82, 2.24) is 4.98 Å². The third kappa shape index (κ3) is 5.96. The van der Waals surface area contributed by atoms with Gasteiger partial charge in [-0.15, -0.1) is 11.3 Å². The van der Waals surface area contributed by atoms with Crippen LogP contribution < -0.4 is 5.32 Å². The fourth-order valence-electron chi connectivity index (χ4n) is 2.02. The number of aryl methyl sites for hydroxylation is 2. The minimum absolute atomic E-state index is 0.0459. The largest absolute Gasteiger partial charge is 0.463 e. The average molecular weight is 344 g/mol. The van der Waals surface area contributed by atoms with E-state index in [-0.39, 0.29) is 11.9 Å². The molecule has 0 unspecified atom stereocenters. The number of ether oxygens (including phenoxy) is 1. The van der Waals surface area contributed by atoms with E-state index in [9.17, 15) is 9.59 Å². The molecule has 0 aliphatic rings. The van der Waals surface area contributed by atoms with Gasteiger partial charge >= 0.3 is 5.97 Å². The van der Waals surface area contributed by atoms with Crippen LogP contribution in [-0.2, 0) is 20.7 Å². The van der Waals surface area contributed by atoms with Gasteiger partial charge in [0.05, 0.1) is 17.3 Å². The van der Waals surface area contributed by atoms with Crippen LogP contribution in [0, 0.1) is 6.92 Å². The van der Waals surface area contributed by atoms with Crippen molar-refractivity contribution < 1.29 is 14.3 Å². The lowest BCUT2D eigenvalue weighted by Gasteiger charge is -2.05. The average Bonchev–Trinajstić information content (AvgIpc) is 2.98. The zero-order chi connectivity index (χ0) is 17.4. The summed E-state index contributed by atoms with van der Waals surface area (Å²) in [6, 6.07) is 7.26. The van der Waals surface area contributed by atoms with Crippen molar-refractivity contribution in [3.05, 3.63) is 52.0 Å². The minimum atomic E-state index is -0.368. The summed E-state index contributed by atoms with van der Waals surface area (Å²) in [5.74, 6) is -0.414. The molecule has 24 heavy (non-hydrogen) atoms. The number of carbonyl (C=O) groups excluding carboxylic acids is 2. The molecule has 2 rings (SSSR count). The lowest BCUT2D eigenvalue weighted by molar-refractivity contribution is -0.137. The van der Waals surface area contributed by atoms with Crippen LogP contribution >= 0.6 is 11.3 Å². The maximum absolute atomic E-state index is 12.0. The Hall–Kier alpha value is -2.47. The lowest BCUT2D eigenvalue weighted by atomic mass is 10.2. The molecule has 0 saturated carbocycles. The van der Waals surface area contributed by atoms with Crippen molar-refractivity contribution in [2.24, 2.45) is 0 Å². The Morgan fingerprint density at radius 1 is 1.29 bits per heavy atom. The van der Waals surface area contributed by atoms with Crippen LogP contribution in [0.4, 0.5) is 5.69 Å². The summed E-state index contributed by atoms with van der Waals surface area (Å²) in [4.78, 5) is 27.5. The number of thiazole rings is 1. The molecule has 0 aliphatic carbocycles. The molecule has 0 fully saturated rings. The molecule has 0 saturated heterocycles. The molecular formula is C18H20N2O3S. The SMILES string of the molecule is CCOC(=O)/C=C/c1ccc(NC(=O)CCc2csc(C)n2)cc1. The summed E-state index contributed by atoms with van der Waals surface area (Å²) < 4.78 is 4.82. The molecule has 1 amide bonds. The second-order valence-electron chi connectivity index (χ2n) is 5.11. The number of hydrogen-bond donors (Lipinski definition) is 1. The van der Waals surface area contributed by atoms with E-state index < -0.39 is 0 Å². The third-order valence-corrected chi connectivity index (χ3v) is 3.99. The number of benzene rings is 1. The van der Waals surface area contributed by atoms with Crippen molar-refractivity contribution in [2.45, 2.75) is 26.7 Å². The van der Waals surface area contributed by atoms with Crippen LogP contribution in [0.15, 0.2) is 35.7 Å². The van der Waals surface area contributed by atoms with Gasteiger partial charge in [0.2, 0.25) is 5.91 Å². The molecule has 1 aromatic heterocycles. The lowest BCUT2D eigenvalue weighted by Crippen LogP contribution is -2.12. The molecule has 126 valence electrons. The van der Waals surface area contributed by atoms with Gasteiger partial charge in [0, 0.05) is 23.6 Å². The van der Waals surface area contributed by atoms with Crippen molar-refractivity contribution in [3.8, 4) is 0 Å². The smallest absolute Gasteiger partial charge is 0.330 e. The van der Waals surface area contributed by atoms with Crippen LogP contribution in [0.2, 0.25) is 0 Å². The van der Waals surface area contributed by atoms with E-state index in [1.807, 2.05) is 24.4 Å². The number of anilines is 1. The van der Waals surface area contributed by atoms with Crippen molar-refractivity contribution in [3.63, 3.8) is 0 Å². The Kier molecular flexibility index (Phi) is 6.69. The number of aromatic nitrogens is 1. The van der Waals surface area contributed by atoms with Gasteiger partial charge in [-0.05, 0) is 44.0 Å². The van der Waals surface area contributed by atoms with Gasteiger partial charge in [0.1, 0.15) is 0 Å². The highest BCUT2D eigenvalue weighted by Gasteiger charge is 2.05. The van der Waals surface area contributed by atoms with Crippen LogP contribution in [0.5, 0.6) is 0 Å². The van der Waals surface area contributed by atoms with Gasteiger partial charge in [0.15, 0.2) is 0 Å². The molecule has 6 heteroatoms. The molecule has 0 bridgehead atoms. The van der Waals surface area contributed by atoms with E-state index in [0.29, 0.717) is 19.4 Å². The van der Waals surface area contributed by atoms with Crippen molar-refractivity contribution >= 4 is 35.0 Å². The second kappa shape index (κ2) is 8.98. The van der Waals surface area contributed by atoms with E-state index in [1.54, 1.807) is 36.5 Å². The zero-order valence-electron chi connectivity index (χ0n) is 13.7. The van der Waals surface area contributed by atoms with Crippen molar-refractivity contribution in [1.29, 1.82) is 0 Å². The molecule has 1 N–H and O–H groups in total. The maximum atomic E-state index is 12.0. The number of rotatable bonds is 7. The number of hydrogen-bond acceptors (Lipinski definition) is 5. The Morgan fingerprint density at radius 2 is 2.04 bits per heavy atom. The number of carbonyl (C=O) groups is 2. The van der Waals surface area contributed by atoms with Gasteiger partial charge in [-0.1, -0.05) is 12.1 Å². The molecule has 5 nitrogen and oxygen atoms in total. The molecule has 0 radical (unpaired) electrons. The first-order chi connectivity index (χ1) is 11.6. The Bertz CT molecular complexity index is 720. The maximum Gasteiger partial charge on any atom is 0.330 e. The monoisotopic (exact) mass is 344 g/mol. The third-order valence-electron chi connectivity index (χ3n) is 3.17. The number of esters is 1. The molecule has 0 spiro atoms. The first-order valence-corrected chi connectivity index (χ1v) is 8.60. The summed E-state index contributed by atoms with van der Waals surface area (Å²) in [6.07, 6.45) is 4.09. The van der Waals surface area contributed by atoms with Gasteiger partial charge in [0.25, 0.3) is 0 Å². The Labute approximate surface area is 145 Å². The Morgan fingerprint density at radius 3 is 2.67 bits per heavy atom. The summed E-state index contributed by atoms with van der Waals surface area (Å²) in [5.41, 5.74) is 2.54. The number of nitrogens with one attached hydrogen (secondary N) is 1. The number of nitrogens with zero attached hydrogens (tertiary/aromatic N) is 1. The van der Waals surface area contributed by atoms with Crippen LogP contribution in [0.25, 0.3) is 6.08 Å². The summed E-state index contributed by atoms with van der Waals surface area (Å²) >= 11 is 1.59. The fourth-order valence-corrected chi connectivity index (χ4v) is 2.67. The highest BCUT2D eigenvalue weighted by molar-refractivity contribution is 7.09. The van der Waals surface area contributed by atoms with E-state index in [2.05, 4.69) is 10.3 Å². The second-order valence-corrected chi connectivity index (χ2v) is 6.18. The van der Waals surface area contributed by atoms with Crippen molar-refractivity contribution in [2.75, 3.05) is 11.9 Å². The van der Waals surface area contributed by atoms with E-state index in [0.717, 1.165) is 22.0 Å². The predicted octanol–water partition coefficient (Wildman–Crippen LogP) is 3.60. The fraction of sp³-hybridized carbons (Fsp3) is 0.278. The van der Waals surface area contributed by atoms with Crippen LogP contribution in [0.3, 0.4) is 0 Å². The summed E-state index contributed by atoms with van der Waals surface area (Å²) in [6.45, 7) is 4.07. The van der Waals surface area contributed by atoms with Gasteiger partial charge in [-0.2, -0.15) is 0 Å². The predicted molar refractivity (Wildman–Crippen MR) is 95.9 cm³/mol. The molecule has 2 aromatic rings. The normalized spacial score (nSPS) is 10.8. The quantitative estimate of drug-likeness (QED) is 0.615. The van der Waals surface area contributed by atoms with Gasteiger partial charge < -0.3 is 10.1 Å². The van der Waals surface area contributed by atoms with Gasteiger partial charge in [-0.3, -0.25) is 4.79 Å². The molecule has 1 aromatic carbocycles. The standard InChI is InChI=1S/C18H20N2O3S/c1-3-23-18(22)11-6-14-4-7-15(8-5-14)20-17(21)10-9-16-12-24-13(2)19-16/h4-8,11-12H,3,9-10H2,1-2H3,(H,20,21)/b11-6+. The summed E-state index contributed by atoms with van der Waals surface area (Å²) in [7, 11) is 0. The first kappa shape index (κ1) is 17.9. The molecule has 0 aliphatic heterocycles. The summed E-state index contributed by atoms with van der Waals surface area (Å²) in [5, 5.41) is 5.84.